The minimum absolute atomic E-state index is 0.0348. The number of aromatic nitrogens is 3. The molecule has 1 aliphatic carbocycles. The molecule has 2 aromatic carbocycles. The van der Waals surface area contributed by atoms with Crippen LogP contribution in [0.5, 0.6) is 0 Å². The third kappa shape index (κ3) is 2.99. The third-order valence-electron chi connectivity index (χ3n) is 5.04. The second-order valence-corrected chi connectivity index (χ2v) is 7.15. The van der Waals surface area contributed by atoms with Gasteiger partial charge >= 0.3 is 0 Å². The highest BCUT2D eigenvalue weighted by molar-refractivity contribution is 6.30. The number of nitrogens with one attached hydrogen (secondary N) is 2. The van der Waals surface area contributed by atoms with Crippen LogP contribution in [0.25, 0.3) is 11.4 Å². The SMILES string of the molecule is Cc1nc(-c2ccc(NC(=O)C3(c4ccc(Cl)cc4)CCC3)cc2)n[nH]1. The second-order valence-electron chi connectivity index (χ2n) is 6.72. The van der Waals surface area contributed by atoms with E-state index < -0.39 is 5.41 Å². The Morgan fingerprint density at radius 3 is 2.35 bits per heavy atom. The van der Waals surface area contributed by atoms with Crippen molar-refractivity contribution < 1.29 is 4.79 Å². The van der Waals surface area contributed by atoms with Gasteiger partial charge in [0.25, 0.3) is 0 Å². The first-order valence-corrected chi connectivity index (χ1v) is 9.02. The number of halogens is 1. The number of carbonyl (C=O) groups excluding carboxylic acids is 1. The molecule has 0 spiro atoms. The number of carbonyl (C=O) groups is 1. The number of aromatic amines is 1. The first-order chi connectivity index (χ1) is 12.6. The van der Waals surface area contributed by atoms with E-state index in [4.69, 9.17) is 11.6 Å². The van der Waals surface area contributed by atoms with Crippen molar-refractivity contribution in [2.75, 3.05) is 5.32 Å². The molecule has 5 nitrogen and oxygen atoms in total. The highest BCUT2D eigenvalue weighted by Crippen LogP contribution is 2.44. The van der Waals surface area contributed by atoms with Crippen LogP contribution in [0, 0.1) is 6.92 Å². The van der Waals surface area contributed by atoms with Gasteiger partial charge in [-0.05, 0) is 61.7 Å². The maximum atomic E-state index is 13.0. The van der Waals surface area contributed by atoms with Crippen LogP contribution >= 0.6 is 11.6 Å². The number of amides is 1. The molecular weight excluding hydrogens is 348 g/mol. The smallest absolute Gasteiger partial charge is 0.235 e. The van der Waals surface area contributed by atoms with Gasteiger partial charge in [-0.25, -0.2) is 4.98 Å². The first kappa shape index (κ1) is 16.8. The Bertz CT molecular complexity index is 927. The number of anilines is 1. The van der Waals surface area contributed by atoms with Gasteiger partial charge < -0.3 is 5.32 Å². The topological polar surface area (TPSA) is 70.7 Å². The normalized spacial score (nSPS) is 15.3. The van der Waals surface area contributed by atoms with E-state index in [0.29, 0.717) is 10.8 Å². The van der Waals surface area contributed by atoms with Gasteiger partial charge in [0.15, 0.2) is 5.82 Å². The van der Waals surface area contributed by atoms with Crippen LogP contribution in [0.1, 0.15) is 30.7 Å². The van der Waals surface area contributed by atoms with Gasteiger partial charge in [-0.15, -0.1) is 0 Å². The molecule has 0 aliphatic heterocycles. The molecule has 1 amide bonds. The van der Waals surface area contributed by atoms with Crippen molar-refractivity contribution in [3.8, 4) is 11.4 Å². The van der Waals surface area contributed by atoms with Crippen LogP contribution in [0.2, 0.25) is 5.02 Å². The lowest BCUT2D eigenvalue weighted by Gasteiger charge is -2.40. The van der Waals surface area contributed by atoms with E-state index in [1.807, 2.05) is 55.5 Å². The lowest BCUT2D eigenvalue weighted by atomic mass is 9.64. The molecule has 0 bridgehead atoms. The summed E-state index contributed by atoms with van der Waals surface area (Å²) in [7, 11) is 0. The van der Waals surface area contributed by atoms with Crippen molar-refractivity contribution in [2.24, 2.45) is 0 Å². The van der Waals surface area contributed by atoms with Crippen molar-refractivity contribution in [2.45, 2.75) is 31.6 Å². The Labute approximate surface area is 156 Å². The molecular formula is C20H19ClN4O. The van der Waals surface area contributed by atoms with Crippen molar-refractivity contribution >= 4 is 23.2 Å². The van der Waals surface area contributed by atoms with Crippen molar-refractivity contribution in [1.82, 2.24) is 15.2 Å². The van der Waals surface area contributed by atoms with Crippen LogP contribution in [-0.4, -0.2) is 21.1 Å². The standard InChI is InChI=1S/C20H19ClN4O/c1-13-22-18(25-24-13)14-3-9-17(10-4-14)23-19(26)20(11-2-12-20)15-5-7-16(21)8-6-15/h3-10H,2,11-12H2,1H3,(H,23,26)(H,22,24,25). The van der Waals surface area contributed by atoms with Gasteiger partial charge in [0.2, 0.25) is 5.91 Å². The molecule has 0 unspecified atom stereocenters. The number of rotatable bonds is 4. The minimum Gasteiger partial charge on any atom is -0.325 e. The molecule has 1 heterocycles. The monoisotopic (exact) mass is 366 g/mol. The first-order valence-electron chi connectivity index (χ1n) is 8.64. The van der Waals surface area contributed by atoms with E-state index in [-0.39, 0.29) is 5.91 Å². The molecule has 132 valence electrons. The van der Waals surface area contributed by atoms with Crippen molar-refractivity contribution in [3.63, 3.8) is 0 Å². The van der Waals surface area contributed by atoms with E-state index in [0.717, 1.165) is 41.9 Å². The van der Waals surface area contributed by atoms with E-state index >= 15 is 0 Å². The minimum atomic E-state index is -0.454. The van der Waals surface area contributed by atoms with Gasteiger partial charge in [0.1, 0.15) is 5.82 Å². The predicted molar refractivity (Wildman–Crippen MR) is 102 cm³/mol. The summed E-state index contributed by atoms with van der Waals surface area (Å²) < 4.78 is 0. The maximum Gasteiger partial charge on any atom is 0.235 e. The van der Waals surface area contributed by atoms with Crippen molar-refractivity contribution in [3.05, 3.63) is 64.9 Å². The van der Waals surface area contributed by atoms with Crippen LogP contribution in [0.3, 0.4) is 0 Å². The van der Waals surface area contributed by atoms with E-state index in [1.54, 1.807) is 0 Å². The zero-order chi connectivity index (χ0) is 18.1. The highest BCUT2D eigenvalue weighted by atomic mass is 35.5. The number of hydrogen-bond donors (Lipinski definition) is 2. The molecule has 4 rings (SSSR count). The molecule has 6 heteroatoms. The molecule has 0 saturated heterocycles. The molecule has 26 heavy (non-hydrogen) atoms. The van der Waals surface area contributed by atoms with Crippen molar-refractivity contribution in [1.29, 1.82) is 0 Å². The quantitative estimate of drug-likeness (QED) is 0.714. The number of nitrogens with zero attached hydrogens (tertiary/aromatic N) is 2. The summed E-state index contributed by atoms with van der Waals surface area (Å²) in [4.78, 5) is 17.3. The molecule has 0 radical (unpaired) electrons. The molecule has 0 atom stereocenters. The van der Waals surface area contributed by atoms with Gasteiger partial charge in [-0.1, -0.05) is 30.2 Å². The average molecular weight is 367 g/mol. The lowest BCUT2D eigenvalue weighted by molar-refractivity contribution is -0.124. The molecule has 3 aromatic rings. The molecule has 2 N–H and O–H groups in total. The molecule has 1 saturated carbocycles. The molecule has 1 aliphatic rings. The Kier molecular flexibility index (Phi) is 4.24. The fourth-order valence-corrected chi connectivity index (χ4v) is 3.50. The molecule has 1 aromatic heterocycles. The summed E-state index contributed by atoms with van der Waals surface area (Å²) in [5, 5.41) is 10.7. The Balaban J connectivity index is 1.52. The third-order valence-corrected chi connectivity index (χ3v) is 5.29. The van der Waals surface area contributed by atoms with Gasteiger partial charge in [-0.2, -0.15) is 5.10 Å². The van der Waals surface area contributed by atoms with E-state index in [1.165, 1.54) is 0 Å². The van der Waals surface area contributed by atoms with Gasteiger partial charge in [0.05, 0.1) is 5.41 Å². The van der Waals surface area contributed by atoms with Crippen LogP contribution in [-0.2, 0) is 10.2 Å². The number of H-pyrrole nitrogens is 1. The Morgan fingerprint density at radius 2 is 1.81 bits per heavy atom. The lowest BCUT2D eigenvalue weighted by Crippen LogP contribution is -2.45. The van der Waals surface area contributed by atoms with Crippen LogP contribution in [0.15, 0.2) is 48.5 Å². The predicted octanol–water partition coefficient (Wildman–Crippen LogP) is 4.49. The second kappa shape index (κ2) is 6.57. The van der Waals surface area contributed by atoms with Gasteiger partial charge in [-0.3, -0.25) is 9.89 Å². The Morgan fingerprint density at radius 1 is 1.12 bits per heavy atom. The fraction of sp³-hybridized carbons (Fsp3) is 0.250. The van der Waals surface area contributed by atoms with Gasteiger partial charge in [0, 0.05) is 16.3 Å². The summed E-state index contributed by atoms with van der Waals surface area (Å²) in [6.45, 7) is 1.86. The average Bonchev–Trinajstić information content (AvgIpc) is 3.03. The zero-order valence-electron chi connectivity index (χ0n) is 14.4. The summed E-state index contributed by atoms with van der Waals surface area (Å²) in [5.74, 6) is 1.46. The largest absolute Gasteiger partial charge is 0.325 e. The summed E-state index contributed by atoms with van der Waals surface area (Å²) in [6.07, 6.45) is 2.77. The zero-order valence-corrected chi connectivity index (χ0v) is 15.2. The summed E-state index contributed by atoms with van der Waals surface area (Å²) in [5.41, 5.74) is 2.25. The van der Waals surface area contributed by atoms with Crippen LogP contribution < -0.4 is 5.32 Å². The van der Waals surface area contributed by atoms with E-state index in [2.05, 4.69) is 20.5 Å². The summed E-state index contributed by atoms with van der Waals surface area (Å²) >= 11 is 5.99. The summed E-state index contributed by atoms with van der Waals surface area (Å²) in [6, 6.07) is 15.2. The molecule has 1 fully saturated rings. The number of benzene rings is 2. The fourth-order valence-electron chi connectivity index (χ4n) is 3.37. The van der Waals surface area contributed by atoms with Crippen LogP contribution in [0.4, 0.5) is 5.69 Å². The highest BCUT2D eigenvalue weighted by Gasteiger charge is 2.45. The van der Waals surface area contributed by atoms with E-state index in [9.17, 15) is 4.79 Å². The maximum absolute atomic E-state index is 13.0. The number of aryl methyl sites for hydroxylation is 1. The number of hydrogen-bond acceptors (Lipinski definition) is 3. The Hall–Kier alpha value is -2.66.